The van der Waals surface area contributed by atoms with Gasteiger partial charge in [-0.05, 0) is 31.9 Å². The third-order valence-electron chi connectivity index (χ3n) is 1.64. The van der Waals surface area contributed by atoms with Gasteiger partial charge in [-0.1, -0.05) is 6.92 Å². The van der Waals surface area contributed by atoms with Crippen LogP contribution in [-0.4, -0.2) is 11.6 Å². The fourth-order valence-corrected chi connectivity index (χ4v) is 0.969. The van der Waals surface area contributed by atoms with E-state index >= 15 is 0 Å². The molecule has 0 atom stereocenters. The minimum absolute atomic E-state index is 0.770. The van der Waals surface area contributed by atoms with E-state index in [1.807, 2.05) is 26.1 Å². The van der Waals surface area contributed by atoms with Gasteiger partial charge in [0.15, 0.2) is 0 Å². The van der Waals surface area contributed by atoms with Crippen LogP contribution >= 0.6 is 0 Å². The lowest BCUT2D eigenvalue weighted by atomic mass is 10.2. The van der Waals surface area contributed by atoms with E-state index < -0.39 is 0 Å². The Morgan fingerprint density at radius 1 is 1.42 bits per heavy atom. The van der Waals surface area contributed by atoms with E-state index in [4.69, 9.17) is 4.74 Å². The van der Waals surface area contributed by atoms with Crippen molar-refractivity contribution in [2.24, 2.45) is 0 Å². The standard InChI is InChI=1S/C10H15NO/c1-4-5-12-10-6-8(2)7-11-9(10)3/h6-7H,4-5H2,1-3H3. The van der Waals surface area contributed by atoms with Crippen molar-refractivity contribution in [3.8, 4) is 5.75 Å². The number of hydrogen-bond donors (Lipinski definition) is 0. The predicted octanol–water partition coefficient (Wildman–Crippen LogP) is 2.49. The fourth-order valence-electron chi connectivity index (χ4n) is 0.969. The zero-order valence-electron chi connectivity index (χ0n) is 7.92. The molecule has 2 heteroatoms. The highest BCUT2D eigenvalue weighted by atomic mass is 16.5. The van der Waals surface area contributed by atoms with E-state index in [1.165, 1.54) is 0 Å². The van der Waals surface area contributed by atoms with Crippen molar-refractivity contribution in [3.63, 3.8) is 0 Å². The number of pyridine rings is 1. The van der Waals surface area contributed by atoms with Crippen molar-refractivity contribution in [1.29, 1.82) is 0 Å². The first-order valence-corrected chi connectivity index (χ1v) is 4.30. The maximum atomic E-state index is 5.50. The Balaban J connectivity index is 2.75. The normalized spacial score (nSPS) is 9.92. The molecule has 2 nitrogen and oxygen atoms in total. The molecule has 0 radical (unpaired) electrons. The van der Waals surface area contributed by atoms with Crippen LogP contribution < -0.4 is 4.74 Å². The second-order valence-corrected chi connectivity index (χ2v) is 2.94. The lowest BCUT2D eigenvalue weighted by Gasteiger charge is -2.07. The van der Waals surface area contributed by atoms with Gasteiger partial charge in [-0.15, -0.1) is 0 Å². The first-order chi connectivity index (χ1) is 5.74. The molecule has 12 heavy (non-hydrogen) atoms. The van der Waals surface area contributed by atoms with E-state index in [-0.39, 0.29) is 0 Å². The third-order valence-corrected chi connectivity index (χ3v) is 1.64. The summed E-state index contributed by atoms with van der Waals surface area (Å²) in [6.07, 6.45) is 2.89. The van der Waals surface area contributed by atoms with Gasteiger partial charge in [-0.3, -0.25) is 4.98 Å². The quantitative estimate of drug-likeness (QED) is 0.686. The van der Waals surface area contributed by atoms with Gasteiger partial charge in [0.05, 0.1) is 12.3 Å². The van der Waals surface area contributed by atoms with Gasteiger partial charge in [0.1, 0.15) is 5.75 Å². The zero-order valence-corrected chi connectivity index (χ0v) is 7.92. The summed E-state index contributed by atoms with van der Waals surface area (Å²) in [5.41, 5.74) is 2.11. The van der Waals surface area contributed by atoms with Crippen LogP contribution in [0.1, 0.15) is 24.6 Å². The summed E-state index contributed by atoms with van der Waals surface area (Å²) < 4.78 is 5.50. The second-order valence-electron chi connectivity index (χ2n) is 2.94. The van der Waals surface area contributed by atoms with E-state index in [0.29, 0.717) is 0 Å². The van der Waals surface area contributed by atoms with Gasteiger partial charge in [0.2, 0.25) is 0 Å². The van der Waals surface area contributed by atoms with E-state index in [1.54, 1.807) is 0 Å². The van der Waals surface area contributed by atoms with Crippen molar-refractivity contribution in [2.45, 2.75) is 27.2 Å². The topological polar surface area (TPSA) is 22.1 Å². The number of hydrogen-bond acceptors (Lipinski definition) is 2. The van der Waals surface area contributed by atoms with Gasteiger partial charge < -0.3 is 4.74 Å². The molecule has 1 aromatic heterocycles. The molecule has 0 aliphatic carbocycles. The van der Waals surface area contributed by atoms with Crippen LogP contribution in [0.25, 0.3) is 0 Å². The zero-order chi connectivity index (χ0) is 8.97. The molecule has 0 saturated heterocycles. The van der Waals surface area contributed by atoms with Crippen LogP contribution in [0.2, 0.25) is 0 Å². The summed E-state index contributed by atoms with van der Waals surface area (Å²) in [4.78, 5) is 4.21. The molecule has 0 unspecified atom stereocenters. The molecule has 1 aromatic rings. The molecule has 0 bridgehead atoms. The fraction of sp³-hybridized carbons (Fsp3) is 0.500. The SMILES string of the molecule is CCCOc1cc(C)cnc1C. The van der Waals surface area contributed by atoms with Gasteiger partial charge in [-0.25, -0.2) is 0 Å². The summed E-state index contributed by atoms with van der Waals surface area (Å²) in [6, 6.07) is 2.03. The highest BCUT2D eigenvalue weighted by molar-refractivity contribution is 5.29. The molecule has 0 aliphatic heterocycles. The average molecular weight is 165 g/mol. The van der Waals surface area contributed by atoms with Crippen molar-refractivity contribution in [1.82, 2.24) is 4.98 Å². The number of ether oxygens (including phenoxy) is 1. The number of aryl methyl sites for hydroxylation is 2. The molecule has 0 saturated carbocycles. The molecular weight excluding hydrogens is 150 g/mol. The molecule has 0 amide bonds. The minimum Gasteiger partial charge on any atom is -0.492 e. The molecule has 0 spiro atoms. The van der Waals surface area contributed by atoms with E-state index in [2.05, 4.69) is 11.9 Å². The lowest BCUT2D eigenvalue weighted by Crippen LogP contribution is -1.98. The Morgan fingerprint density at radius 2 is 2.17 bits per heavy atom. The Hall–Kier alpha value is -1.05. The highest BCUT2D eigenvalue weighted by Crippen LogP contribution is 2.16. The molecule has 0 fully saturated rings. The summed E-state index contributed by atoms with van der Waals surface area (Å²) in [7, 11) is 0. The molecule has 66 valence electrons. The smallest absolute Gasteiger partial charge is 0.140 e. The minimum atomic E-state index is 0.770. The number of aromatic nitrogens is 1. The third kappa shape index (κ3) is 2.22. The van der Waals surface area contributed by atoms with Gasteiger partial charge in [0, 0.05) is 6.20 Å². The average Bonchev–Trinajstić information content (AvgIpc) is 2.07. The van der Waals surface area contributed by atoms with E-state index in [9.17, 15) is 0 Å². The summed E-state index contributed by atoms with van der Waals surface area (Å²) in [5, 5.41) is 0. The second kappa shape index (κ2) is 4.10. The summed E-state index contributed by atoms with van der Waals surface area (Å²) >= 11 is 0. The highest BCUT2D eigenvalue weighted by Gasteiger charge is 1.99. The van der Waals surface area contributed by atoms with Gasteiger partial charge in [0.25, 0.3) is 0 Å². The van der Waals surface area contributed by atoms with Crippen molar-refractivity contribution < 1.29 is 4.74 Å². The summed E-state index contributed by atoms with van der Waals surface area (Å²) in [6.45, 7) is 6.85. The molecule has 1 rings (SSSR count). The molecular formula is C10H15NO. The first-order valence-electron chi connectivity index (χ1n) is 4.30. The molecule has 0 aliphatic rings. The predicted molar refractivity (Wildman–Crippen MR) is 49.5 cm³/mol. The van der Waals surface area contributed by atoms with Crippen molar-refractivity contribution >= 4 is 0 Å². The number of rotatable bonds is 3. The summed E-state index contributed by atoms with van der Waals surface area (Å²) in [5.74, 6) is 0.914. The van der Waals surface area contributed by atoms with Crippen LogP contribution in [0.15, 0.2) is 12.3 Å². The monoisotopic (exact) mass is 165 g/mol. The van der Waals surface area contributed by atoms with Crippen LogP contribution in [0.4, 0.5) is 0 Å². The molecule has 0 N–H and O–H groups in total. The van der Waals surface area contributed by atoms with Crippen LogP contribution in [0, 0.1) is 13.8 Å². The molecule has 0 aromatic carbocycles. The number of nitrogens with zero attached hydrogens (tertiary/aromatic N) is 1. The van der Waals surface area contributed by atoms with Crippen LogP contribution in [-0.2, 0) is 0 Å². The largest absolute Gasteiger partial charge is 0.492 e. The first kappa shape index (κ1) is 9.04. The Kier molecular flexibility index (Phi) is 3.09. The van der Waals surface area contributed by atoms with Gasteiger partial charge >= 0.3 is 0 Å². The Bertz CT molecular complexity index is 258. The maximum absolute atomic E-state index is 5.50. The van der Waals surface area contributed by atoms with Crippen LogP contribution in [0.3, 0.4) is 0 Å². The molecule has 1 heterocycles. The maximum Gasteiger partial charge on any atom is 0.140 e. The van der Waals surface area contributed by atoms with Crippen molar-refractivity contribution in [2.75, 3.05) is 6.61 Å². The lowest BCUT2D eigenvalue weighted by molar-refractivity contribution is 0.313. The van der Waals surface area contributed by atoms with E-state index in [0.717, 1.165) is 30.0 Å². The Labute approximate surface area is 73.6 Å². The van der Waals surface area contributed by atoms with Gasteiger partial charge in [-0.2, -0.15) is 0 Å². The van der Waals surface area contributed by atoms with Crippen molar-refractivity contribution in [3.05, 3.63) is 23.5 Å². The Morgan fingerprint density at radius 3 is 2.83 bits per heavy atom. The van der Waals surface area contributed by atoms with Crippen LogP contribution in [0.5, 0.6) is 5.75 Å².